The minimum atomic E-state index is -1.79. The maximum Gasteiger partial charge on any atom is 0.338 e. The Morgan fingerprint density at radius 3 is 1.18 bits per heavy atom. The van der Waals surface area contributed by atoms with Crippen LogP contribution < -0.4 is 31.9 Å². The summed E-state index contributed by atoms with van der Waals surface area (Å²) in [6.45, 7) is 32.3. The summed E-state index contributed by atoms with van der Waals surface area (Å²) in [5.74, 6) is -2.43. The first kappa shape index (κ1) is 108. The number of carbonyl (C=O) groups is 10. The molecule has 0 radical (unpaired) electrons. The molecule has 30 nitrogen and oxygen atoms in total. The van der Waals surface area contributed by atoms with E-state index < -0.39 is 87.1 Å². The van der Waals surface area contributed by atoms with Gasteiger partial charge in [0.25, 0.3) is 8.53 Å². The summed E-state index contributed by atoms with van der Waals surface area (Å²) in [7, 11) is -1.79. The van der Waals surface area contributed by atoms with Gasteiger partial charge in [-0.05, 0) is 171 Å². The van der Waals surface area contributed by atoms with E-state index in [1.165, 1.54) is 4.90 Å². The zero-order chi connectivity index (χ0) is 92.7. The second-order valence-corrected chi connectivity index (χ2v) is 36.3. The number of nitriles is 1. The molecule has 0 spiro atoms. The maximum atomic E-state index is 15.2. The Bertz CT molecular complexity index is 3670. The fraction of sp³-hybridized carbons (Fsp3) is 0.698. The van der Waals surface area contributed by atoms with Gasteiger partial charge in [-0.2, -0.15) is 5.26 Å². The van der Waals surface area contributed by atoms with Crippen molar-refractivity contribution >= 4 is 67.8 Å². The van der Waals surface area contributed by atoms with Crippen LogP contribution in [-0.4, -0.2) is 222 Å². The van der Waals surface area contributed by atoms with Crippen LogP contribution in [0.15, 0.2) is 91.0 Å². The minimum Gasteiger partial charge on any atom is -0.459 e. The first-order valence-electron chi connectivity index (χ1n) is 46.6. The number of nitrogens with one attached hydrogen (secondary N) is 6. The van der Waals surface area contributed by atoms with Gasteiger partial charge < -0.3 is 88.5 Å². The molecule has 3 aromatic rings. The number of benzene rings is 3. The van der Waals surface area contributed by atoms with Crippen LogP contribution in [-0.2, 0) is 85.2 Å². The van der Waals surface area contributed by atoms with Crippen molar-refractivity contribution in [1.82, 2.24) is 41.5 Å². The number of rotatable bonds is 59. The van der Waals surface area contributed by atoms with E-state index in [1.807, 2.05) is 50.6 Å². The Morgan fingerprint density at radius 1 is 0.425 bits per heavy atom. The third kappa shape index (κ3) is 38.1. The second kappa shape index (κ2) is 59.3. The minimum absolute atomic E-state index is 0.00928. The molecule has 3 fully saturated rings. The van der Waals surface area contributed by atoms with E-state index in [9.17, 15) is 48.4 Å². The van der Waals surface area contributed by atoms with Gasteiger partial charge in [0.15, 0.2) is 18.9 Å². The fourth-order valence-electron chi connectivity index (χ4n) is 15.8. The topological polar surface area (TPSA) is 375 Å². The highest BCUT2D eigenvalue weighted by molar-refractivity contribution is 7.44. The monoisotopic (exact) mass is 1800 g/mol. The lowest BCUT2D eigenvalue weighted by Crippen LogP contribution is -2.53. The normalized spacial score (nSPS) is 23.2. The Hall–Kier alpha value is -8.08. The molecule has 127 heavy (non-hydrogen) atoms. The average Bonchev–Trinajstić information content (AvgIpc) is 0.820. The van der Waals surface area contributed by atoms with E-state index >= 15 is 4.79 Å². The predicted molar refractivity (Wildman–Crippen MR) is 484 cm³/mol. The van der Waals surface area contributed by atoms with Crippen LogP contribution in [0.1, 0.15) is 257 Å². The zero-order valence-corrected chi connectivity index (χ0v) is 79.1. The first-order valence-corrected chi connectivity index (χ1v) is 47.8. The van der Waals surface area contributed by atoms with Crippen molar-refractivity contribution in [2.45, 2.75) is 293 Å². The van der Waals surface area contributed by atoms with Crippen molar-refractivity contribution < 1.29 is 99.6 Å². The molecule has 0 aliphatic carbocycles. The summed E-state index contributed by atoms with van der Waals surface area (Å²) in [6, 6.07) is 26.3. The van der Waals surface area contributed by atoms with Gasteiger partial charge >= 0.3 is 17.9 Å². The first-order chi connectivity index (χ1) is 60.9. The second-order valence-electron chi connectivity index (χ2n) is 34.9. The highest BCUT2D eigenvalue weighted by Gasteiger charge is 2.44. The number of nitrogens with zero attached hydrogens (tertiary/aromatic N) is 3. The molecule has 6 rings (SSSR count). The molecular formula is C96H150N9O21P. The summed E-state index contributed by atoms with van der Waals surface area (Å²) in [4.78, 5) is 137. The molecule has 3 aliphatic rings. The number of esters is 3. The summed E-state index contributed by atoms with van der Waals surface area (Å²) < 4.78 is 69.6. The van der Waals surface area contributed by atoms with Gasteiger partial charge in [0.2, 0.25) is 41.4 Å². The van der Waals surface area contributed by atoms with E-state index in [1.54, 1.807) is 86.6 Å². The average molecular weight is 1800 g/mol. The summed E-state index contributed by atoms with van der Waals surface area (Å²) >= 11 is 0. The molecule has 6 N–H and O–H groups in total. The third-order valence-electron chi connectivity index (χ3n) is 24.9. The van der Waals surface area contributed by atoms with Crippen molar-refractivity contribution in [3.8, 4) is 6.07 Å². The summed E-state index contributed by atoms with van der Waals surface area (Å²) in [5, 5.41) is 26.9. The Kier molecular flexibility index (Phi) is 50.3. The number of unbranched alkanes of at least 4 members (excludes halogenated alkanes) is 7. The Labute approximate surface area is 756 Å². The van der Waals surface area contributed by atoms with Crippen molar-refractivity contribution in [2.24, 2.45) is 53.3 Å². The van der Waals surface area contributed by atoms with Crippen LogP contribution >= 0.6 is 8.53 Å². The third-order valence-corrected chi connectivity index (χ3v) is 27.1. The van der Waals surface area contributed by atoms with Gasteiger partial charge in [0.05, 0.1) is 60.2 Å². The molecule has 0 aromatic heterocycles. The van der Waals surface area contributed by atoms with Crippen molar-refractivity contribution in [3.05, 3.63) is 108 Å². The maximum absolute atomic E-state index is 15.2. The molecule has 31 heteroatoms. The molecule has 3 aromatic carbocycles. The fourth-order valence-corrected chi connectivity index (χ4v) is 17.5. The highest BCUT2D eigenvalue weighted by atomic mass is 31.2. The molecule has 0 saturated carbocycles. The van der Waals surface area contributed by atoms with E-state index in [0.29, 0.717) is 107 Å². The van der Waals surface area contributed by atoms with E-state index in [-0.39, 0.29) is 212 Å². The quantitative estimate of drug-likeness (QED) is 0.0132. The standard InChI is InChI=1S/C96H150N9O21P/c1-16-83(106)103-88(75(15)126-127(122-60-38-50-97)105(64(2)3)65(4)5)89(111)101-52-37-49-87(110)102-79(45-32-33-51-98-84(107)46-29-20-34-57-116-94-72(12)66(6)69(9)80(123-94)61-119-91(113)76-39-23-17-24-40-76)90(112)104(55-53-99-85(108)47-30-21-35-58-117-95-73(13)67(7)70(10)81(124-95)62-120-92(114)77-41-25-18-26-42-77)56-54-100-86(109)48-31-22-36-59-118-96-74(14)68(8)71(11)82(125-96)63-121-93(115)78-43-27-19-28-44-78/h17-19,23-28,39-44,64-75,79-82,88,94-96H,16,20-22,29-38,45-49,51-63H2,1-15H3,(H,98,107)(H,99,108)(H,100,109)(H,101,111)(H,102,110)(H,103,106). The molecule has 19 atom stereocenters. The van der Waals surface area contributed by atoms with Gasteiger partial charge in [-0.3, -0.25) is 33.6 Å². The van der Waals surface area contributed by atoms with Crippen LogP contribution in [0.5, 0.6) is 0 Å². The summed E-state index contributed by atoms with van der Waals surface area (Å²) in [6.07, 6.45) is 4.29. The van der Waals surface area contributed by atoms with Crippen molar-refractivity contribution in [1.29, 1.82) is 5.26 Å². The van der Waals surface area contributed by atoms with Crippen molar-refractivity contribution in [2.75, 3.05) is 85.5 Å². The number of amides is 7. The van der Waals surface area contributed by atoms with Crippen LogP contribution in [0.4, 0.5) is 0 Å². The Balaban J connectivity index is 1.07. The van der Waals surface area contributed by atoms with Gasteiger partial charge in [-0.25, -0.2) is 19.1 Å². The van der Waals surface area contributed by atoms with E-state index in [0.717, 1.165) is 6.42 Å². The number of ether oxygens (including phenoxy) is 9. The molecular weight excluding hydrogens is 1650 g/mol. The Morgan fingerprint density at radius 2 is 0.803 bits per heavy atom. The van der Waals surface area contributed by atoms with Crippen molar-refractivity contribution in [3.63, 3.8) is 0 Å². The summed E-state index contributed by atoms with van der Waals surface area (Å²) in [5.41, 5.74) is 1.40. The molecule has 3 heterocycles. The molecule has 19 unspecified atom stereocenters. The molecule has 710 valence electrons. The molecule has 7 amide bonds. The van der Waals surface area contributed by atoms with Gasteiger partial charge in [0, 0.05) is 121 Å². The lowest BCUT2D eigenvalue weighted by molar-refractivity contribution is -0.254. The molecule has 3 saturated heterocycles. The van der Waals surface area contributed by atoms with Gasteiger partial charge in [-0.1, -0.05) is 143 Å². The smallest absolute Gasteiger partial charge is 0.338 e. The lowest BCUT2D eigenvalue weighted by Gasteiger charge is -2.43. The van der Waals surface area contributed by atoms with Gasteiger partial charge in [-0.15, -0.1) is 0 Å². The number of carbonyl (C=O) groups excluding carboxylic acids is 10. The van der Waals surface area contributed by atoms with Crippen LogP contribution in [0.25, 0.3) is 0 Å². The van der Waals surface area contributed by atoms with Crippen LogP contribution in [0.3, 0.4) is 0 Å². The largest absolute Gasteiger partial charge is 0.459 e. The lowest BCUT2D eigenvalue weighted by atomic mass is 9.79. The van der Waals surface area contributed by atoms with Crippen LogP contribution in [0.2, 0.25) is 0 Å². The van der Waals surface area contributed by atoms with E-state index in [4.69, 9.17) is 51.7 Å². The highest BCUT2D eigenvalue weighted by Crippen LogP contribution is 2.48. The number of hydrogen-bond acceptors (Lipinski definition) is 23. The molecule has 3 aliphatic heterocycles. The van der Waals surface area contributed by atoms with E-state index in [2.05, 4.69) is 100 Å². The number of hydrogen-bond donors (Lipinski definition) is 6. The SMILES string of the molecule is CCC(=O)NC(C(=O)NCCCC(=O)NC(CCCCNC(=O)CCCCCOC1OC(COC(=O)c2ccccc2)C(C)C(C)C1C)C(=O)N(CCNC(=O)CCCCCOC1OC(COC(=O)c2ccccc2)C(C)C(C)C1C)CCNC(=O)CCCCCOC1OC(COC(=O)c2ccccc2)C(C)C(C)C1C)C(C)OP(OCCC#N)N(C(C)C)C(C)C. The molecule has 0 bridgehead atoms. The van der Waals surface area contributed by atoms with Gasteiger partial charge in [0.1, 0.15) is 31.9 Å². The van der Waals surface area contributed by atoms with Crippen LogP contribution in [0, 0.1) is 64.6 Å². The predicted octanol–water partition coefficient (Wildman–Crippen LogP) is 13.5. The zero-order valence-electron chi connectivity index (χ0n) is 78.2.